The standard InChI is InChI=1S/C22H40O/c1-17(2)10-12-22(23)13-11-19(16-22)14-18(3)15-21(4,5)20-8-6-7-9-20/h15,17,19-20,23H,6-14,16H2,1-5H3/b18-15+. The molecule has 2 fully saturated rings. The smallest absolute Gasteiger partial charge is 0.0650 e. The Kier molecular flexibility index (Phi) is 6.39. The van der Waals surface area contributed by atoms with Crippen LogP contribution in [0.4, 0.5) is 0 Å². The molecule has 0 radical (unpaired) electrons. The van der Waals surface area contributed by atoms with Gasteiger partial charge in [-0.3, -0.25) is 0 Å². The van der Waals surface area contributed by atoms with Crippen molar-refractivity contribution in [2.45, 2.75) is 104 Å². The largest absolute Gasteiger partial charge is 0.390 e. The lowest BCUT2D eigenvalue weighted by molar-refractivity contribution is 0.0294. The molecule has 1 heteroatoms. The summed E-state index contributed by atoms with van der Waals surface area (Å²) in [6.45, 7) is 11.7. The van der Waals surface area contributed by atoms with Gasteiger partial charge in [0.1, 0.15) is 0 Å². The number of rotatable bonds is 7. The summed E-state index contributed by atoms with van der Waals surface area (Å²) in [6, 6.07) is 0. The van der Waals surface area contributed by atoms with Gasteiger partial charge in [-0.2, -0.15) is 0 Å². The maximum Gasteiger partial charge on any atom is 0.0650 e. The highest BCUT2D eigenvalue weighted by molar-refractivity contribution is 5.09. The zero-order valence-electron chi connectivity index (χ0n) is 16.3. The number of aliphatic hydroxyl groups is 1. The molecule has 0 aliphatic heterocycles. The van der Waals surface area contributed by atoms with Gasteiger partial charge in [-0.05, 0) is 81.5 Å². The van der Waals surface area contributed by atoms with Crippen LogP contribution in [-0.4, -0.2) is 10.7 Å². The monoisotopic (exact) mass is 320 g/mol. The first kappa shape index (κ1) is 19.0. The summed E-state index contributed by atoms with van der Waals surface area (Å²) in [5.41, 5.74) is 1.54. The maximum absolute atomic E-state index is 10.8. The Morgan fingerprint density at radius 3 is 2.48 bits per heavy atom. The molecule has 0 amide bonds. The van der Waals surface area contributed by atoms with Crippen molar-refractivity contribution in [1.82, 2.24) is 0 Å². The predicted molar refractivity (Wildman–Crippen MR) is 100 cm³/mol. The second-order valence-corrected chi connectivity index (χ2v) is 9.76. The lowest BCUT2D eigenvalue weighted by atomic mass is 9.76. The molecule has 2 aliphatic rings. The lowest BCUT2D eigenvalue weighted by Crippen LogP contribution is -2.25. The van der Waals surface area contributed by atoms with Gasteiger partial charge >= 0.3 is 0 Å². The van der Waals surface area contributed by atoms with Crippen LogP contribution < -0.4 is 0 Å². The van der Waals surface area contributed by atoms with E-state index in [-0.39, 0.29) is 5.60 Å². The molecule has 23 heavy (non-hydrogen) atoms. The Hall–Kier alpha value is -0.300. The molecule has 2 atom stereocenters. The van der Waals surface area contributed by atoms with Crippen LogP contribution in [0, 0.1) is 23.2 Å². The van der Waals surface area contributed by atoms with E-state index in [2.05, 4.69) is 40.7 Å². The molecule has 2 rings (SSSR count). The summed E-state index contributed by atoms with van der Waals surface area (Å²) in [6.07, 6.45) is 14.8. The van der Waals surface area contributed by atoms with Crippen molar-refractivity contribution in [3.63, 3.8) is 0 Å². The molecule has 2 saturated carbocycles. The first-order chi connectivity index (χ1) is 10.7. The minimum Gasteiger partial charge on any atom is -0.390 e. The van der Waals surface area contributed by atoms with E-state index in [9.17, 15) is 5.11 Å². The van der Waals surface area contributed by atoms with Crippen molar-refractivity contribution in [2.75, 3.05) is 0 Å². The molecule has 0 aromatic heterocycles. The topological polar surface area (TPSA) is 20.2 Å². The average molecular weight is 321 g/mol. The Balaban J connectivity index is 1.85. The molecule has 0 spiro atoms. The van der Waals surface area contributed by atoms with Crippen molar-refractivity contribution in [1.29, 1.82) is 0 Å². The van der Waals surface area contributed by atoms with E-state index in [0.717, 1.165) is 31.6 Å². The Morgan fingerprint density at radius 2 is 1.87 bits per heavy atom. The zero-order chi connectivity index (χ0) is 17.1. The van der Waals surface area contributed by atoms with Crippen molar-refractivity contribution in [2.24, 2.45) is 23.2 Å². The van der Waals surface area contributed by atoms with E-state index in [0.29, 0.717) is 17.3 Å². The van der Waals surface area contributed by atoms with Crippen LogP contribution in [0.1, 0.15) is 98.8 Å². The fourth-order valence-corrected chi connectivity index (χ4v) is 5.11. The summed E-state index contributed by atoms with van der Waals surface area (Å²) in [7, 11) is 0. The van der Waals surface area contributed by atoms with Gasteiger partial charge in [-0.15, -0.1) is 0 Å². The van der Waals surface area contributed by atoms with Crippen LogP contribution in [0.15, 0.2) is 11.6 Å². The third-order valence-electron chi connectivity index (χ3n) is 6.51. The van der Waals surface area contributed by atoms with E-state index in [1.54, 1.807) is 5.57 Å². The molecule has 0 aromatic rings. The Bertz CT molecular complexity index is 400. The summed E-state index contributed by atoms with van der Waals surface area (Å²) < 4.78 is 0. The van der Waals surface area contributed by atoms with E-state index in [4.69, 9.17) is 0 Å². The minimum atomic E-state index is -0.365. The van der Waals surface area contributed by atoms with Gasteiger partial charge in [0.2, 0.25) is 0 Å². The number of hydrogen-bond donors (Lipinski definition) is 1. The SMILES string of the molecule is C/C(=C\C(C)(C)C1CCCC1)CC1CCC(O)(CCC(C)C)C1. The van der Waals surface area contributed by atoms with Gasteiger partial charge in [-0.25, -0.2) is 0 Å². The molecule has 0 bridgehead atoms. The molecule has 0 heterocycles. The van der Waals surface area contributed by atoms with Gasteiger partial charge in [0.05, 0.1) is 5.60 Å². The van der Waals surface area contributed by atoms with Crippen LogP contribution in [-0.2, 0) is 0 Å². The van der Waals surface area contributed by atoms with Gasteiger partial charge < -0.3 is 5.11 Å². The fourth-order valence-electron chi connectivity index (χ4n) is 5.11. The molecule has 0 saturated heterocycles. The first-order valence-electron chi connectivity index (χ1n) is 10.1. The van der Waals surface area contributed by atoms with Gasteiger partial charge in [0.15, 0.2) is 0 Å². The summed E-state index contributed by atoms with van der Waals surface area (Å²) in [5.74, 6) is 2.28. The van der Waals surface area contributed by atoms with Crippen molar-refractivity contribution in [3.8, 4) is 0 Å². The van der Waals surface area contributed by atoms with E-state index >= 15 is 0 Å². The van der Waals surface area contributed by atoms with Crippen LogP contribution in [0.3, 0.4) is 0 Å². The average Bonchev–Trinajstić information content (AvgIpc) is 3.07. The number of hydrogen-bond acceptors (Lipinski definition) is 1. The zero-order valence-corrected chi connectivity index (χ0v) is 16.3. The molecular formula is C22H40O. The van der Waals surface area contributed by atoms with E-state index in [1.165, 1.54) is 38.5 Å². The highest BCUT2D eigenvalue weighted by Crippen LogP contribution is 2.44. The first-order valence-corrected chi connectivity index (χ1v) is 10.1. The summed E-state index contributed by atoms with van der Waals surface area (Å²) in [4.78, 5) is 0. The Morgan fingerprint density at radius 1 is 1.22 bits per heavy atom. The second kappa shape index (κ2) is 7.72. The van der Waals surface area contributed by atoms with Crippen molar-refractivity contribution >= 4 is 0 Å². The molecule has 0 aromatic carbocycles. The second-order valence-electron chi connectivity index (χ2n) is 9.76. The van der Waals surface area contributed by atoms with E-state index in [1.807, 2.05) is 0 Å². The van der Waals surface area contributed by atoms with Gasteiger partial charge in [0, 0.05) is 0 Å². The van der Waals surface area contributed by atoms with E-state index < -0.39 is 0 Å². The van der Waals surface area contributed by atoms with Gasteiger partial charge in [-0.1, -0.05) is 52.2 Å². The summed E-state index contributed by atoms with van der Waals surface area (Å²) >= 11 is 0. The third-order valence-corrected chi connectivity index (χ3v) is 6.51. The van der Waals surface area contributed by atoms with Crippen LogP contribution >= 0.6 is 0 Å². The molecule has 2 unspecified atom stereocenters. The third kappa shape index (κ3) is 5.62. The number of allylic oxidation sites excluding steroid dienone is 2. The highest BCUT2D eigenvalue weighted by atomic mass is 16.3. The van der Waals surface area contributed by atoms with Crippen LogP contribution in [0.5, 0.6) is 0 Å². The molecule has 1 N–H and O–H groups in total. The lowest BCUT2D eigenvalue weighted by Gasteiger charge is -2.29. The maximum atomic E-state index is 10.8. The summed E-state index contributed by atoms with van der Waals surface area (Å²) in [5, 5.41) is 10.8. The van der Waals surface area contributed by atoms with Gasteiger partial charge in [0.25, 0.3) is 0 Å². The molecule has 1 nitrogen and oxygen atoms in total. The fraction of sp³-hybridized carbons (Fsp3) is 0.909. The van der Waals surface area contributed by atoms with Crippen LogP contribution in [0.25, 0.3) is 0 Å². The minimum absolute atomic E-state index is 0.354. The quantitative estimate of drug-likeness (QED) is 0.530. The highest BCUT2D eigenvalue weighted by Gasteiger charge is 2.37. The molecule has 2 aliphatic carbocycles. The van der Waals surface area contributed by atoms with Crippen molar-refractivity contribution in [3.05, 3.63) is 11.6 Å². The molecule has 134 valence electrons. The molecular weight excluding hydrogens is 280 g/mol. The Labute approximate surface area is 144 Å². The van der Waals surface area contributed by atoms with Crippen LogP contribution in [0.2, 0.25) is 0 Å². The predicted octanol–water partition coefficient (Wildman–Crippen LogP) is 6.51. The van der Waals surface area contributed by atoms with Crippen molar-refractivity contribution < 1.29 is 5.11 Å². The normalized spacial score (nSPS) is 30.6.